The number of Topliss-reactive ketones (excluding diaryl/α,β-unsaturated/α-hetero) is 1. The fraction of sp³-hybridized carbons (Fsp3) is 0.217. The predicted octanol–water partition coefficient (Wildman–Crippen LogP) is 4.42. The summed E-state index contributed by atoms with van der Waals surface area (Å²) in [5, 5.41) is 2.90. The monoisotopic (exact) mass is 409 g/mol. The SMILES string of the molecule is CC(=O)c1ccc(-c2cc(F)cc3c2OC(CNC(=O)Cc2ccccc2)C3)s1. The third kappa shape index (κ3) is 4.38. The standard InChI is InChI=1S/C23H20FNO3S/c1-14(26)20-7-8-21(29-20)19-12-17(24)10-16-11-18(28-23(16)19)13-25-22(27)9-15-5-3-2-4-6-15/h2-8,10,12,18H,9,11,13H2,1H3,(H,25,27). The van der Waals surface area contributed by atoms with Crippen LogP contribution in [0, 0.1) is 5.82 Å². The molecule has 0 aliphatic carbocycles. The molecular weight excluding hydrogens is 389 g/mol. The summed E-state index contributed by atoms with van der Waals surface area (Å²) >= 11 is 1.32. The Morgan fingerprint density at radius 3 is 2.69 bits per heavy atom. The first-order chi connectivity index (χ1) is 14.0. The summed E-state index contributed by atoms with van der Waals surface area (Å²) < 4.78 is 20.2. The van der Waals surface area contributed by atoms with Crippen molar-refractivity contribution in [2.45, 2.75) is 25.9 Å². The molecular formula is C23H20FNO3S. The van der Waals surface area contributed by atoms with Crippen molar-refractivity contribution in [2.24, 2.45) is 0 Å². The number of benzene rings is 2. The summed E-state index contributed by atoms with van der Waals surface area (Å²) in [6.07, 6.45) is 0.581. The zero-order chi connectivity index (χ0) is 20.4. The van der Waals surface area contributed by atoms with Crippen LogP contribution in [0.15, 0.2) is 54.6 Å². The molecule has 0 saturated heterocycles. The van der Waals surface area contributed by atoms with Crippen LogP contribution in [0.4, 0.5) is 4.39 Å². The molecule has 0 radical (unpaired) electrons. The lowest BCUT2D eigenvalue weighted by Crippen LogP contribution is -2.35. The highest BCUT2D eigenvalue weighted by atomic mass is 32.1. The lowest BCUT2D eigenvalue weighted by atomic mass is 10.0. The van der Waals surface area contributed by atoms with Gasteiger partial charge in [0.1, 0.15) is 17.7 Å². The van der Waals surface area contributed by atoms with Crippen LogP contribution >= 0.6 is 11.3 Å². The van der Waals surface area contributed by atoms with Crippen LogP contribution in [0.3, 0.4) is 0 Å². The maximum atomic E-state index is 14.2. The number of hydrogen-bond acceptors (Lipinski definition) is 4. The summed E-state index contributed by atoms with van der Waals surface area (Å²) in [6.45, 7) is 1.86. The van der Waals surface area contributed by atoms with Gasteiger partial charge in [0, 0.05) is 22.4 Å². The number of carbonyl (C=O) groups is 2. The minimum Gasteiger partial charge on any atom is -0.487 e. The first-order valence-corrected chi connectivity index (χ1v) is 10.2. The van der Waals surface area contributed by atoms with Gasteiger partial charge < -0.3 is 10.1 Å². The minimum atomic E-state index is -0.339. The van der Waals surface area contributed by atoms with Crippen LogP contribution in [0.2, 0.25) is 0 Å². The first-order valence-electron chi connectivity index (χ1n) is 9.40. The molecule has 3 aromatic rings. The topological polar surface area (TPSA) is 55.4 Å². The molecule has 1 atom stereocenters. The summed E-state index contributed by atoms with van der Waals surface area (Å²) in [7, 11) is 0. The second kappa shape index (κ2) is 8.17. The number of thiophene rings is 1. The number of amides is 1. The smallest absolute Gasteiger partial charge is 0.224 e. The summed E-state index contributed by atoms with van der Waals surface area (Å²) in [5.74, 6) is 0.195. The van der Waals surface area contributed by atoms with Crippen LogP contribution in [0.5, 0.6) is 5.75 Å². The van der Waals surface area contributed by atoms with Crippen LogP contribution in [-0.2, 0) is 17.6 Å². The number of ketones is 1. The third-order valence-corrected chi connectivity index (χ3v) is 6.03. The molecule has 4 nitrogen and oxygen atoms in total. The molecule has 148 valence electrons. The molecule has 2 heterocycles. The van der Waals surface area contributed by atoms with Gasteiger partial charge in [0.05, 0.1) is 17.8 Å². The molecule has 0 spiro atoms. The van der Waals surface area contributed by atoms with Crippen LogP contribution in [0.1, 0.15) is 27.7 Å². The molecule has 1 N–H and O–H groups in total. The van der Waals surface area contributed by atoms with Crippen molar-refractivity contribution in [3.05, 3.63) is 76.4 Å². The molecule has 29 heavy (non-hydrogen) atoms. The fourth-order valence-electron chi connectivity index (χ4n) is 3.43. The Kier molecular flexibility index (Phi) is 5.45. The number of hydrogen-bond donors (Lipinski definition) is 1. The van der Waals surface area contributed by atoms with Crippen molar-refractivity contribution in [3.63, 3.8) is 0 Å². The van der Waals surface area contributed by atoms with E-state index in [-0.39, 0.29) is 23.6 Å². The van der Waals surface area contributed by atoms with E-state index in [1.807, 2.05) is 36.4 Å². The fourth-order valence-corrected chi connectivity index (χ4v) is 4.35. The molecule has 1 aliphatic rings. The van der Waals surface area contributed by atoms with Gasteiger partial charge in [-0.15, -0.1) is 11.3 Å². The predicted molar refractivity (Wildman–Crippen MR) is 111 cm³/mol. The number of fused-ring (bicyclic) bond motifs is 1. The van der Waals surface area contributed by atoms with Gasteiger partial charge in [-0.25, -0.2) is 4.39 Å². The average Bonchev–Trinajstić information content (AvgIpc) is 3.33. The first kappa shape index (κ1) is 19.3. The van der Waals surface area contributed by atoms with Crippen LogP contribution < -0.4 is 10.1 Å². The van der Waals surface area contributed by atoms with Gasteiger partial charge in [-0.1, -0.05) is 30.3 Å². The third-order valence-electron chi connectivity index (χ3n) is 4.82. The van der Waals surface area contributed by atoms with Gasteiger partial charge in [0.15, 0.2) is 5.78 Å². The zero-order valence-electron chi connectivity index (χ0n) is 15.9. The van der Waals surface area contributed by atoms with Crippen molar-refractivity contribution in [3.8, 4) is 16.2 Å². The van der Waals surface area contributed by atoms with Gasteiger partial charge >= 0.3 is 0 Å². The number of rotatable bonds is 6. The normalized spacial score (nSPS) is 14.9. The molecule has 1 amide bonds. The molecule has 6 heteroatoms. The molecule has 1 aliphatic heterocycles. The molecule has 4 rings (SSSR count). The Hall–Kier alpha value is -2.99. The Morgan fingerprint density at radius 2 is 1.97 bits per heavy atom. The van der Waals surface area contributed by atoms with Crippen molar-refractivity contribution in [2.75, 3.05) is 6.54 Å². The van der Waals surface area contributed by atoms with Crippen molar-refractivity contribution in [1.29, 1.82) is 0 Å². The van der Waals surface area contributed by atoms with E-state index in [4.69, 9.17) is 4.74 Å². The number of ether oxygens (including phenoxy) is 1. The molecule has 1 unspecified atom stereocenters. The Morgan fingerprint density at radius 1 is 1.17 bits per heavy atom. The van der Waals surface area contributed by atoms with Gasteiger partial charge in [0.2, 0.25) is 5.91 Å². The number of halogens is 1. The van der Waals surface area contributed by atoms with E-state index in [1.54, 1.807) is 6.07 Å². The van der Waals surface area contributed by atoms with Crippen molar-refractivity contribution < 1.29 is 18.7 Å². The van der Waals surface area contributed by atoms with Gasteiger partial charge in [0.25, 0.3) is 0 Å². The maximum absolute atomic E-state index is 14.2. The Balaban J connectivity index is 1.45. The highest BCUT2D eigenvalue weighted by Gasteiger charge is 2.28. The lowest BCUT2D eigenvalue weighted by molar-refractivity contribution is -0.120. The highest BCUT2D eigenvalue weighted by Crippen LogP contribution is 2.42. The van der Waals surface area contributed by atoms with Crippen LogP contribution in [-0.4, -0.2) is 24.3 Å². The van der Waals surface area contributed by atoms with E-state index in [0.29, 0.717) is 35.6 Å². The molecule has 1 aromatic heterocycles. The largest absolute Gasteiger partial charge is 0.487 e. The Bertz CT molecular complexity index is 1060. The van der Waals surface area contributed by atoms with E-state index in [9.17, 15) is 14.0 Å². The average molecular weight is 409 g/mol. The quantitative estimate of drug-likeness (QED) is 0.613. The highest BCUT2D eigenvalue weighted by molar-refractivity contribution is 7.17. The van der Waals surface area contributed by atoms with E-state index in [2.05, 4.69) is 5.32 Å². The number of carbonyl (C=O) groups excluding carboxylic acids is 2. The maximum Gasteiger partial charge on any atom is 0.224 e. The number of nitrogens with one attached hydrogen (secondary N) is 1. The van der Waals surface area contributed by atoms with Gasteiger partial charge in [-0.2, -0.15) is 0 Å². The minimum absolute atomic E-state index is 0.0192. The van der Waals surface area contributed by atoms with Crippen molar-refractivity contribution in [1.82, 2.24) is 5.32 Å². The van der Waals surface area contributed by atoms with E-state index < -0.39 is 0 Å². The summed E-state index contributed by atoms with van der Waals surface area (Å²) in [5.41, 5.74) is 2.37. The molecule has 0 bridgehead atoms. The Labute approximate surface area is 172 Å². The van der Waals surface area contributed by atoms with E-state index in [0.717, 1.165) is 16.0 Å². The van der Waals surface area contributed by atoms with E-state index in [1.165, 1.54) is 30.4 Å². The zero-order valence-corrected chi connectivity index (χ0v) is 16.7. The summed E-state index contributed by atoms with van der Waals surface area (Å²) in [6, 6.07) is 16.0. The van der Waals surface area contributed by atoms with Crippen molar-refractivity contribution >= 4 is 23.0 Å². The lowest BCUT2D eigenvalue weighted by Gasteiger charge is -2.13. The molecule has 0 fully saturated rings. The van der Waals surface area contributed by atoms with Crippen LogP contribution in [0.25, 0.3) is 10.4 Å². The molecule has 2 aromatic carbocycles. The van der Waals surface area contributed by atoms with Gasteiger partial charge in [-0.05, 0) is 36.8 Å². The van der Waals surface area contributed by atoms with Gasteiger partial charge in [-0.3, -0.25) is 9.59 Å². The second-order valence-corrected chi connectivity index (χ2v) is 8.16. The van der Waals surface area contributed by atoms with E-state index >= 15 is 0 Å². The molecule has 0 saturated carbocycles. The summed E-state index contributed by atoms with van der Waals surface area (Å²) in [4.78, 5) is 25.2. The second-order valence-electron chi connectivity index (χ2n) is 7.07.